The van der Waals surface area contributed by atoms with Gasteiger partial charge in [-0.2, -0.15) is 0 Å². The average Bonchev–Trinajstić information content (AvgIpc) is 2.41. The third-order valence-corrected chi connectivity index (χ3v) is 2.84. The van der Waals surface area contributed by atoms with Crippen LogP contribution in [0.4, 0.5) is 5.69 Å². The molecule has 82 valence electrons. The van der Waals surface area contributed by atoms with Crippen molar-refractivity contribution >= 4 is 5.69 Å². The molecule has 0 aliphatic carbocycles. The summed E-state index contributed by atoms with van der Waals surface area (Å²) in [6.45, 7) is 1.89. The number of fused-ring (bicyclic) bond motifs is 1. The van der Waals surface area contributed by atoms with E-state index in [0.29, 0.717) is 0 Å². The number of hydrogen-bond acceptors (Lipinski definition) is 2. The summed E-state index contributed by atoms with van der Waals surface area (Å²) in [4.78, 5) is 0. The van der Waals surface area contributed by atoms with Crippen LogP contribution in [0.5, 0.6) is 5.75 Å². The zero-order valence-corrected chi connectivity index (χ0v) is 9.69. The maximum Gasteiger partial charge on any atom is 0.132 e. The topological polar surface area (TPSA) is 29.5 Å². The molecule has 2 rings (SSSR count). The summed E-state index contributed by atoms with van der Waals surface area (Å²) >= 11 is 0. The Labute approximate surface area is 90.5 Å². The average molecular weight is 208 g/mol. The third kappa shape index (κ3) is 1.73. The van der Waals surface area contributed by atoms with Crippen LogP contribution in [0.25, 0.3) is 0 Å². The molecule has 1 aliphatic rings. The van der Waals surface area contributed by atoms with Crippen molar-refractivity contribution in [1.82, 2.24) is 4.48 Å². The quantitative estimate of drug-likeness (QED) is 0.712. The van der Waals surface area contributed by atoms with E-state index in [1.54, 1.807) is 0 Å². The van der Waals surface area contributed by atoms with E-state index < -0.39 is 6.10 Å². The summed E-state index contributed by atoms with van der Waals surface area (Å²) < 4.78 is 6.27. The van der Waals surface area contributed by atoms with E-state index in [1.165, 1.54) is 5.69 Å². The molecule has 0 unspecified atom stereocenters. The predicted octanol–water partition coefficient (Wildman–Crippen LogP) is 1.70. The molecule has 0 amide bonds. The first-order valence-electron chi connectivity index (χ1n) is 5.20. The number of nitrogens with zero attached hydrogens (tertiary/aromatic N) is 1. The molecule has 1 aromatic rings. The molecule has 1 heterocycles. The lowest BCUT2D eigenvalue weighted by Crippen LogP contribution is -2.34. The first-order valence-corrected chi connectivity index (χ1v) is 5.20. The van der Waals surface area contributed by atoms with Crippen LogP contribution < -0.4 is 9.22 Å². The second-order valence-electron chi connectivity index (χ2n) is 5.00. The van der Waals surface area contributed by atoms with Crippen molar-refractivity contribution in [1.29, 1.82) is 0 Å². The molecule has 0 fully saturated rings. The van der Waals surface area contributed by atoms with Crippen LogP contribution >= 0.6 is 0 Å². The van der Waals surface area contributed by atoms with Crippen LogP contribution in [-0.4, -0.2) is 32.4 Å². The van der Waals surface area contributed by atoms with Crippen molar-refractivity contribution in [3.63, 3.8) is 0 Å². The van der Waals surface area contributed by atoms with Crippen LogP contribution in [0.3, 0.4) is 0 Å². The second kappa shape index (κ2) is 3.22. The Balaban J connectivity index is 2.44. The molecule has 2 atom stereocenters. The Morgan fingerprint density at radius 1 is 1.27 bits per heavy atom. The molecule has 0 bridgehead atoms. The summed E-state index contributed by atoms with van der Waals surface area (Å²) in [7, 11) is 6.31. The van der Waals surface area contributed by atoms with E-state index in [2.05, 4.69) is 21.1 Å². The van der Waals surface area contributed by atoms with Gasteiger partial charge in [0.1, 0.15) is 23.6 Å². The van der Waals surface area contributed by atoms with Gasteiger partial charge in [-0.25, -0.2) is 0 Å². The summed E-state index contributed by atoms with van der Waals surface area (Å²) in [5, 5.41) is 9.91. The Morgan fingerprint density at radius 3 is 2.53 bits per heavy atom. The third-order valence-electron chi connectivity index (χ3n) is 2.84. The van der Waals surface area contributed by atoms with Crippen molar-refractivity contribution in [3.05, 3.63) is 23.8 Å². The first kappa shape index (κ1) is 10.5. The number of rotatable bonds is 1. The maximum atomic E-state index is 9.91. The highest BCUT2D eigenvalue weighted by atomic mass is 16.5. The van der Waals surface area contributed by atoms with Crippen molar-refractivity contribution in [2.24, 2.45) is 0 Å². The number of benzene rings is 1. The van der Waals surface area contributed by atoms with E-state index in [-0.39, 0.29) is 6.10 Å². The van der Waals surface area contributed by atoms with E-state index in [0.717, 1.165) is 15.8 Å². The van der Waals surface area contributed by atoms with Gasteiger partial charge in [-0.05, 0) is 13.0 Å². The lowest BCUT2D eigenvalue weighted by atomic mass is 10.1. The predicted molar refractivity (Wildman–Crippen MR) is 61.1 cm³/mol. The van der Waals surface area contributed by atoms with Crippen molar-refractivity contribution in [2.45, 2.75) is 19.1 Å². The molecular formula is C12H18NO2+. The Morgan fingerprint density at radius 2 is 1.93 bits per heavy atom. The zero-order valence-electron chi connectivity index (χ0n) is 9.69. The smallest absolute Gasteiger partial charge is 0.132 e. The highest BCUT2D eigenvalue weighted by Crippen LogP contribution is 2.39. The minimum absolute atomic E-state index is 0.136. The van der Waals surface area contributed by atoms with Crippen LogP contribution in [0.2, 0.25) is 0 Å². The lowest BCUT2D eigenvalue weighted by Gasteiger charge is -2.23. The Hall–Kier alpha value is -1.06. The molecule has 0 radical (unpaired) electrons. The molecule has 1 aliphatic heterocycles. The maximum absolute atomic E-state index is 9.91. The molecule has 1 aromatic carbocycles. The number of quaternary nitrogens is 1. The molecule has 15 heavy (non-hydrogen) atoms. The van der Waals surface area contributed by atoms with E-state index >= 15 is 0 Å². The minimum atomic E-state index is -0.494. The van der Waals surface area contributed by atoms with Gasteiger partial charge in [0.05, 0.1) is 21.1 Å². The van der Waals surface area contributed by atoms with Gasteiger partial charge in [0.15, 0.2) is 0 Å². The van der Waals surface area contributed by atoms with Gasteiger partial charge in [-0.15, -0.1) is 0 Å². The fraction of sp³-hybridized carbons (Fsp3) is 0.500. The van der Waals surface area contributed by atoms with Crippen LogP contribution in [0.1, 0.15) is 18.6 Å². The largest absolute Gasteiger partial charge is 0.487 e. The van der Waals surface area contributed by atoms with Crippen molar-refractivity contribution in [3.8, 4) is 5.75 Å². The van der Waals surface area contributed by atoms with Crippen LogP contribution in [0.15, 0.2) is 18.2 Å². The number of aliphatic hydroxyl groups is 1. The standard InChI is InChI=1S/C12H18NO2/c1-8-12(14)10-7-9(13(2,3)4)5-6-11(10)15-8/h5-8,12,14H,1-4H3/q+1/t8-,12-/m1/s1. The normalized spacial score (nSPS) is 24.9. The van der Waals surface area contributed by atoms with Crippen molar-refractivity contribution in [2.75, 3.05) is 21.1 Å². The minimum Gasteiger partial charge on any atom is -0.487 e. The van der Waals surface area contributed by atoms with Gasteiger partial charge in [0.25, 0.3) is 0 Å². The van der Waals surface area contributed by atoms with Gasteiger partial charge in [-0.3, -0.25) is 4.48 Å². The van der Waals surface area contributed by atoms with E-state index in [1.807, 2.05) is 25.1 Å². The Kier molecular flexibility index (Phi) is 2.24. The molecule has 1 N–H and O–H groups in total. The first-order chi connectivity index (χ1) is 6.89. The molecule has 0 saturated heterocycles. The summed E-state index contributed by atoms with van der Waals surface area (Å²) in [6, 6.07) is 6.02. The fourth-order valence-electron chi connectivity index (χ4n) is 1.81. The van der Waals surface area contributed by atoms with Gasteiger partial charge < -0.3 is 9.84 Å². The summed E-state index contributed by atoms with van der Waals surface area (Å²) in [5.41, 5.74) is 2.08. The van der Waals surface area contributed by atoms with Gasteiger partial charge in [-0.1, -0.05) is 0 Å². The molecular weight excluding hydrogens is 190 g/mol. The van der Waals surface area contributed by atoms with E-state index in [9.17, 15) is 5.11 Å². The fourth-order valence-corrected chi connectivity index (χ4v) is 1.81. The second-order valence-corrected chi connectivity index (χ2v) is 5.00. The number of hydrogen-bond donors (Lipinski definition) is 1. The SMILES string of the molecule is C[C@H]1Oc2ccc([N+](C)(C)C)cc2[C@@H]1O. The van der Waals surface area contributed by atoms with E-state index in [4.69, 9.17) is 4.74 Å². The van der Waals surface area contributed by atoms with Crippen LogP contribution in [0, 0.1) is 0 Å². The van der Waals surface area contributed by atoms with Crippen molar-refractivity contribution < 1.29 is 9.84 Å². The monoisotopic (exact) mass is 208 g/mol. The molecule has 0 aromatic heterocycles. The molecule has 0 spiro atoms. The number of aliphatic hydroxyl groups excluding tert-OH is 1. The number of ether oxygens (including phenoxy) is 1. The lowest BCUT2D eigenvalue weighted by molar-refractivity contribution is 0.0795. The molecule has 0 saturated carbocycles. The van der Waals surface area contributed by atoms with Crippen LogP contribution in [-0.2, 0) is 0 Å². The van der Waals surface area contributed by atoms with Gasteiger partial charge >= 0.3 is 0 Å². The highest BCUT2D eigenvalue weighted by Gasteiger charge is 2.30. The summed E-state index contributed by atoms with van der Waals surface area (Å²) in [5.74, 6) is 0.812. The van der Waals surface area contributed by atoms with Gasteiger partial charge in [0.2, 0.25) is 0 Å². The van der Waals surface area contributed by atoms with Gasteiger partial charge in [0, 0.05) is 17.7 Å². The molecule has 3 nitrogen and oxygen atoms in total. The zero-order chi connectivity index (χ0) is 11.2. The highest BCUT2D eigenvalue weighted by molar-refractivity contribution is 5.52. The Bertz CT molecular complexity index is 382. The molecule has 3 heteroatoms. The summed E-state index contributed by atoms with van der Waals surface area (Å²) in [6.07, 6.45) is -0.630.